The average molecular weight is 326 g/mol. The molecule has 1 atom stereocenters. The van der Waals surface area contributed by atoms with Gasteiger partial charge >= 0.3 is 0 Å². The summed E-state index contributed by atoms with van der Waals surface area (Å²) in [5, 5.41) is 3.98. The van der Waals surface area contributed by atoms with Crippen LogP contribution < -0.4 is 0 Å². The minimum Gasteiger partial charge on any atom is -0.356 e. The van der Waals surface area contributed by atoms with Crippen LogP contribution in [0.2, 0.25) is 0 Å². The van der Waals surface area contributed by atoms with Crippen LogP contribution >= 0.6 is 0 Å². The number of carbonyl (C=O) groups excluding carboxylic acids is 1. The second kappa shape index (κ2) is 6.00. The molecule has 0 bridgehead atoms. The third-order valence-corrected chi connectivity index (χ3v) is 5.14. The van der Waals surface area contributed by atoms with Crippen molar-refractivity contribution >= 4 is 5.91 Å². The van der Waals surface area contributed by atoms with E-state index in [9.17, 15) is 4.79 Å². The normalized spacial score (nSPS) is 21.1. The Hall–Kier alpha value is -2.24. The number of rotatable bonds is 3. The standard InChI is InChI=1S/C18H22N4O2/c1-11-9-16(24-21-11)14-10-19-12(2)20-17(14)15-7-4-8-22(15)18(23)13-5-3-6-13/h9-10,13,15H,3-8H2,1-2H3/t15-/m0/s1. The third-order valence-electron chi connectivity index (χ3n) is 5.14. The van der Waals surface area contributed by atoms with Crippen LogP contribution in [-0.2, 0) is 4.79 Å². The van der Waals surface area contributed by atoms with Gasteiger partial charge in [0.25, 0.3) is 0 Å². The number of hydrogen-bond acceptors (Lipinski definition) is 5. The second-order valence-corrected chi connectivity index (χ2v) is 6.87. The van der Waals surface area contributed by atoms with Crippen molar-refractivity contribution in [3.8, 4) is 11.3 Å². The maximum atomic E-state index is 12.8. The maximum Gasteiger partial charge on any atom is 0.226 e. The summed E-state index contributed by atoms with van der Waals surface area (Å²) >= 11 is 0. The van der Waals surface area contributed by atoms with Gasteiger partial charge in [0.15, 0.2) is 5.76 Å². The Kier molecular flexibility index (Phi) is 3.82. The van der Waals surface area contributed by atoms with E-state index >= 15 is 0 Å². The van der Waals surface area contributed by atoms with E-state index in [4.69, 9.17) is 4.52 Å². The molecule has 6 heteroatoms. The Morgan fingerprint density at radius 1 is 1.25 bits per heavy atom. The predicted molar refractivity (Wildman–Crippen MR) is 88.0 cm³/mol. The Balaban J connectivity index is 1.71. The lowest BCUT2D eigenvalue weighted by Gasteiger charge is -2.33. The van der Waals surface area contributed by atoms with Crippen LogP contribution in [0, 0.1) is 19.8 Å². The number of aryl methyl sites for hydroxylation is 2. The summed E-state index contributed by atoms with van der Waals surface area (Å²) in [7, 11) is 0. The molecular weight excluding hydrogens is 304 g/mol. The van der Waals surface area contributed by atoms with Gasteiger partial charge in [-0.2, -0.15) is 0 Å². The molecule has 2 aromatic rings. The highest BCUT2D eigenvalue weighted by molar-refractivity contribution is 5.80. The predicted octanol–water partition coefficient (Wildman–Crippen LogP) is 3.21. The zero-order valence-electron chi connectivity index (χ0n) is 14.2. The van der Waals surface area contributed by atoms with E-state index in [0.29, 0.717) is 17.5 Å². The highest BCUT2D eigenvalue weighted by atomic mass is 16.5. The molecule has 6 nitrogen and oxygen atoms in total. The smallest absolute Gasteiger partial charge is 0.226 e. The van der Waals surface area contributed by atoms with Crippen LogP contribution in [0.4, 0.5) is 0 Å². The summed E-state index contributed by atoms with van der Waals surface area (Å²) in [6.45, 7) is 4.59. The Morgan fingerprint density at radius 2 is 2.08 bits per heavy atom. The molecule has 1 saturated heterocycles. The van der Waals surface area contributed by atoms with Gasteiger partial charge in [-0.1, -0.05) is 11.6 Å². The minimum absolute atomic E-state index is 0.0141. The van der Waals surface area contributed by atoms with Gasteiger partial charge in [-0.25, -0.2) is 9.97 Å². The molecule has 0 spiro atoms. The number of amides is 1. The van der Waals surface area contributed by atoms with Crippen molar-refractivity contribution in [3.05, 3.63) is 29.5 Å². The lowest BCUT2D eigenvalue weighted by molar-refractivity contribution is -0.139. The zero-order valence-corrected chi connectivity index (χ0v) is 14.2. The van der Waals surface area contributed by atoms with Gasteiger partial charge in [0.05, 0.1) is 23.0 Å². The van der Waals surface area contributed by atoms with Crippen LogP contribution in [-0.4, -0.2) is 32.5 Å². The van der Waals surface area contributed by atoms with Gasteiger partial charge in [-0.3, -0.25) is 4.79 Å². The van der Waals surface area contributed by atoms with Crippen LogP contribution in [0.1, 0.15) is 55.4 Å². The fourth-order valence-electron chi connectivity index (χ4n) is 3.63. The maximum absolute atomic E-state index is 12.8. The molecule has 3 heterocycles. The van der Waals surface area contributed by atoms with Gasteiger partial charge in [-0.05, 0) is 39.5 Å². The highest BCUT2D eigenvalue weighted by Crippen LogP contribution is 2.39. The molecule has 4 rings (SSSR count). The Bertz CT molecular complexity index is 766. The molecule has 0 N–H and O–H groups in total. The van der Waals surface area contributed by atoms with E-state index in [1.165, 1.54) is 6.42 Å². The molecule has 2 aromatic heterocycles. The van der Waals surface area contributed by atoms with Crippen molar-refractivity contribution in [2.24, 2.45) is 5.92 Å². The Morgan fingerprint density at radius 3 is 2.75 bits per heavy atom. The second-order valence-electron chi connectivity index (χ2n) is 6.87. The van der Waals surface area contributed by atoms with Crippen molar-refractivity contribution in [2.45, 2.75) is 52.0 Å². The van der Waals surface area contributed by atoms with Crippen LogP contribution in [0.3, 0.4) is 0 Å². The molecule has 0 radical (unpaired) electrons. The van der Waals surface area contributed by atoms with Crippen molar-refractivity contribution in [2.75, 3.05) is 6.54 Å². The topological polar surface area (TPSA) is 72.1 Å². The van der Waals surface area contributed by atoms with Crippen molar-refractivity contribution in [1.82, 2.24) is 20.0 Å². The van der Waals surface area contributed by atoms with Gasteiger partial charge < -0.3 is 9.42 Å². The SMILES string of the molecule is Cc1cc(-c2cnc(C)nc2[C@@H]2CCCN2C(=O)C2CCC2)on1. The van der Waals surface area contributed by atoms with Crippen molar-refractivity contribution in [3.63, 3.8) is 0 Å². The first kappa shape index (κ1) is 15.3. The van der Waals surface area contributed by atoms with Crippen LogP contribution in [0.5, 0.6) is 0 Å². The fourth-order valence-corrected chi connectivity index (χ4v) is 3.63. The number of carbonyl (C=O) groups is 1. The molecule has 0 unspecified atom stereocenters. The summed E-state index contributed by atoms with van der Waals surface area (Å²) in [5.41, 5.74) is 2.56. The lowest BCUT2D eigenvalue weighted by Crippen LogP contribution is -2.38. The van der Waals surface area contributed by atoms with Crippen molar-refractivity contribution < 1.29 is 9.32 Å². The zero-order chi connectivity index (χ0) is 16.7. The third kappa shape index (κ3) is 2.60. The van der Waals surface area contributed by atoms with E-state index in [1.807, 2.05) is 24.8 Å². The minimum atomic E-state index is 0.0141. The molecular formula is C18H22N4O2. The molecule has 1 amide bonds. The highest BCUT2D eigenvalue weighted by Gasteiger charge is 2.38. The van der Waals surface area contributed by atoms with Gasteiger partial charge in [-0.15, -0.1) is 0 Å². The molecule has 24 heavy (non-hydrogen) atoms. The van der Waals surface area contributed by atoms with Gasteiger partial charge in [0, 0.05) is 24.7 Å². The molecule has 2 fully saturated rings. The summed E-state index contributed by atoms with van der Waals surface area (Å²) in [4.78, 5) is 23.8. The quantitative estimate of drug-likeness (QED) is 0.866. The summed E-state index contributed by atoms with van der Waals surface area (Å²) in [6, 6.07) is 1.91. The molecule has 126 valence electrons. The first-order valence-corrected chi connectivity index (χ1v) is 8.71. The first-order valence-electron chi connectivity index (χ1n) is 8.71. The van der Waals surface area contributed by atoms with Gasteiger partial charge in [0.1, 0.15) is 5.82 Å². The molecule has 1 aliphatic carbocycles. The van der Waals surface area contributed by atoms with E-state index in [2.05, 4.69) is 15.1 Å². The van der Waals surface area contributed by atoms with E-state index in [1.54, 1.807) is 6.20 Å². The largest absolute Gasteiger partial charge is 0.356 e. The number of aromatic nitrogens is 3. The van der Waals surface area contributed by atoms with Crippen LogP contribution in [0.15, 0.2) is 16.8 Å². The monoisotopic (exact) mass is 326 g/mol. The molecule has 1 saturated carbocycles. The van der Waals surface area contributed by atoms with E-state index < -0.39 is 0 Å². The summed E-state index contributed by atoms with van der Waals surface area (Å²) < 4.78 is 5.43. The lowest BCUT2D eigenvalue weighted by atomic mass is 9.84. The Labute approximate surface area is 141 Å². The first-order chi connectivity index (χ1) is 11.6. The van der Waals surface area contributed by atoms with E-state index in [-0.39, 0.29) is 12.0 Å². The molecule has 1 aliphatic heterocycles. The summed E-state index contributed by atoms with van der Waals surface area (Å²) in [5.74, 6) is 1.89. The fraction of sp³-hybridized carbons (Fsp3) is 0.556. The van der Waals surface area contributed by atoms with Crippen molar-refractivity contribution in [1.29, 1.82) is 0 Å². The number of likely N-dealkylation sites (tertiary alicyclic amines) is 1. The average Bonchev–Trinajstić information content (AvgIpc) is 3.14. The van der Waals surface area contributed by atoms with Gasteiger partial charge in [0.2, 0.25) is 5.91 Å². The number of hydrogen-bond donors (Lipinski definition) is 0. The summed E-state index contributed by atoms with van der Waals surface area (Å²) in [6.07, 6.45) is 6.97. The number of nitrogens with zero attached hydrogens (tertiary/aromatic N) is 4. The van der Waals surface area contributed by atoms with Crippen LogP contribution in [0.25, 0.3) is 11.3 Å². The van der Waals surface area contributed by atoms with E-state index in [0.717, 1.165) is 49.2 Å². The molecule has 0 aromatic carbocycles. The molecule has 2 aliphatic rings.